The molecule has 0 fully saturated rings. The van der Waals surface area contributed by atoms with Crippen molar-refractivity contribution >= 4 is 23.9 Å². The lowest BCUT2D eigenvalue weighted by Gasteiger charge is -2.30. The van der Waals surface area contributed by atoms with Crippen molar-refractivity contribution in [2.45, 2.75) is 44.1 Å². The number of ether oxygens (including phenoxy) is 4. The van der Waals surface area contributed by atoms with Crippen molar-refractivity contribution < 1.29 is 43.2 Å². The first-order chi connectivity index (χ1) is 22.3. The van der Waals surface area contributed by atoms with Crippen LogP contribution in [0.1, 0.15) is 36.5 Å². The second-order valence-electron chi connectivity index (χ2n) is 10.2. The minimum absolute atomic E-state index is 0.0124. The summed E-state index contributed by atoms with van der Waals surface area (Å²) in [4.78, 5) is 52.1. The van der Waals surface area contributed by atoms with Crippen LogP contribution in [0.4, 0.5) is 4.79 Å². The highest BCUT2D eigenvalue weighted by molar-refractivity contribution is 5.86. The fourth-order valence-electron chi connectivity index (χ4n) is 4.41. The highest BCUT2D eigenvalue weighted by atomic mass is 16.6. The van der Waals surface area contributed by atoms with Gasteiger partial charge in [0.1, 0.15) is 18.8 Å². The molecule has 0 aliphatic rings. The Morgan fingerprint density at radius 1 is 0.913 bits per heavy atom. The van der Waals surface area contributed by atoms with E-state index in [0.29, 0.717) is 5.56 Å². The number of amides is 3. The number of aliphatic hydroxyl groups is 1. The summed E-state index contributed by atoms with van der Waals surface area (Å²) in [5.74, 6) is -2.36. The maximum Gasteiger partial charge on any atom is 0.408 e. The molecule has 0 unspecified atom stereocenters. The maximum absolute atomic E-state index is 13.5. The van der Waals surface area contributed by atoms with Gasteiger partial charge in [0.2, 0.25) is 11.8 Å². The number of nitrogens with one attached hydrogen (secondary N) is 3. The first kappa shape index (κ1) is 37.7. The number of benzene rings is 2. The fourth-order valence-corrected chi connectivity index (χ4v) is 4.41. The second-order valence-corrected chi connectivity index (χ2v) is 10.2. The van der Waals surface area contributed by atoms with Crippen LogP contribution in [0.25, 0.3) is 0 Å². The molecule has 0 saturated heterocycles. The molecule has 0 aliphatic heterocycles. The molecule has 2 rings (SSSR count). The van der Waals surface area contributed by atoms with Crippen LogP contribution < -0.4 is 16.0 Å². The number of carbonyl (C=O) groups excluding carboxylic acids is 4. The minimum Gasteiger partial charge on any atom is -0.454 e. The molecule has 0 saturated carbocycles. The van der Waals surface area contributed by atoms with Crippen LogP contribution in [0.15, 0.2) is 86.0 Å². The Hall–Kier alpha value is -4.52. The predicted octanol–water partition coefficient (Wildman–Crippen LogP) is 2.98. The van der Waals surface area contributed by atoms with Crippen molar-refractivity contribution in [3.63, 3.8) is 0 Å². The smallest absolute Gasteiger partial charge is 0.408 e. The molecule has 46 heavy (non-hydrogen) atoms. The molecule has 0 bridgehead atoms. The highest BCUT2D eigenvalue weighted by Crippen LogP contribution is 2.24. The number of methoxy groups -OCH3 is 1. The molecule has 0 radical (unpaired) electrons. The lowest BCUT2D eigenvalue weighted by molar-refractivity contribution is -0.155. The minimum atomic E-state index is -1.12. The molecule has 250 valence electrons. The zero-order valence-corrected chi connectivity index (χ0v) is 26.2. The van der Waals surface area contributed by atoms with Gasteiger partial charge in [0.25, 0.3) is 0 Å². The third-order valence-electron chi connectivity index (χ3n) is 6.66. The van der Waals surface area contributed by atoms with E-state index in [0.717, 1.165) is 5.56 Å². The van der Waals surface area contributed by atoms with Gasteiger partial charge in [-0.2, -0.15) is 0 Å². The Bertz CT molecular complexity index is 1230. The molecule has 4 N–H and O–H groups in total. The SMILES string of the molecule is C=CC[C@H](CC(=O)NCCOCCO)C(=O)N[C@@H](COC)[C@@H](OC(=O)[C@@H](CC=C)NC(=O)OCc1ccccc1)c1ccccc1. The molecule has 12 heteroatoms. The number of carbonyl (C=O) groups is 4. The zero-order chi connectivity index (χ0) is 33.6. The summed E-state index contributed by atoms with van der Waals surface area (Å²) < 4.78 is 21.8. The average molecular weight is 640 g/mol. The van der Waals surface area contributed by atoms with Gasteiger partial charge in [-0.25, -0.2) is 9.59 Å². The second kappa shape index (κ2) is 22.1. The summed E-state index contributed by atoms with van der Waals surface area (Å²) in [7, 11) is 1.45. The Morgan fingerprint density at radius 2 is 1.59 bits per heavy atom. The quantitative estimate of drug-likeness (QED) is 0.0862. The topological polar surface area (TPSA) is 162 Å². The van der Waals surface area contributed by atoms with Gasteiger partial charge in [-0.05, 0) is 24.0 Å². The van der Waals surface area contributed by atoms with Gasteiger partial charge < -0.3 is 40.0 Å². The van der Waals surface area contributed by atoms with Crippen LogP contribution in [-0.2, 0) is 39.9 Å². The van der Waals surface area contributed by atoms with Crippen molar-refractivity contribution in [3.05, 3.63) is 97.1 Å². The third-order valence-corrected chi connectivity index (χ3v) is 6.66. The molecule has 0 spiro atoms. The summed E-state index contributed by atoms with van der Waals surface area (Å²) in [6, 6.07) is 15.9. The maximum atomic E-state index is 13.5. The van der Waals surface area contributed by atoms with E-state index in [4.69, 9.17) is 24.1 Å². The van der Waals surface area contributed by atoms with E-state index >= 15 is 0 Å². The van der Waals surface area contributed by atoms with E-state index in [1.807, 2.05) is 18.2 Å². The van der Waals surface area contributed by atoms with Gasteiger partial charge in [0.05, 0.1) is 38.4 Å². The third kappa shape index (κ3) is 14.1. The van der Waals surface area contributed by atoms with Crippen LogP contribution >= 0.6 is 0 Å². The monoisotopic (exact) mass is 639 g/mol. The van der Waals surface area contributed by atoms with Crippen LogP contribution in [0.3, 0.4) is 0 Å². The van der Waals surface area contributed by atoms with Crippen LogP contribution in [0, 0.1) is 5.92 Å². The average Bonchev–Trinajstić information content (AvgIpc) is 3.06. The molecule has 2 aromatic carbocycles. The van der Waals surface area contributed by atoms with Crippen LogP contribution in [-0.4, -0.2) is 81.1 Å². The van der Waals surface area contributed by atoms with E-state index in [2.05, 4.69) is 29.1 Å². The Morgan fingerprint density at radius 3 is 2.22 bits per heavy atom. The van der Waals surface area contributed by atoms with E-state index < -0.39 is 42.1 Å². The van der Waals surface area contributed by atoms with Gasteiger partial charge in [-0.1, -0.05) is 72.8 Å². The lowest BCUT2D eigenvalue weighted by Crippen LogP contribution is -2.48. The molecular formula is C34H45N3O9. The van der Waals surface area contributed by atoms with Gasteiger partial charge >= 0.3 is 12.1 Å². The van der Waals surface area contributed by atoms with Gasteiger partial charge in [0.15, 0.2) is 0 Å². The Kier molecular flexibility index (Phi) is 18.1. The highest BCUT2D eigenvalue weighted by Gasteiger charge is 2.33. The van der Waals surface area contributed by atoms with Crippen molar-refractivity contribution in [3.8, 4) is 0 Å². The van der Waals surface area contributed by atoms with E-state index in [9.17, 15) is 19.2 Å². The zero-order valence-electron chi connectivity index (χ0n) is 26.2. The largest absolute Gasteiger partial charge is 0.454 e. The number of alkyl carbamates (subject to hydrolysis) is 1. The number of rotatable bonds is 22. The first-order valence-corrected chi connectivity index (χ1v) is 15.0. The van der Waals surface area contributed by atoms with Crippen LogP contribution in [0.5, 0.6) is 0 Å². The Labute approximate surface area is 270 Å². The van der Waals surface area contributed by atoms with Crippen molar-refractivity contribution in [2.75, 3.05) is 40.1 Å². The van der Waals surface area contributed by atoms with Crippen molar-refractivity contribution in [1.29, 1.82) is 0 Å². The van der Waals surface area contributed by atoms with Crippen LogP contribution in [0.2, 0.25) is 0 Å². The molecule has 3 amide bonds. The van der Waals surface area contributed by atoms with Crippen molar-refractivity contribution in [1.82, 2.24) is 16.0 Å². The standard InChI is InChI=1S/C34H45N3O9/c1-4-12-27(22-30(39)35-18-20-44-21-19-38)32(40)36-29(24-43-3)31(26-16-10-7-11-17-26)46-33(41)28(13-5-2)37-34(42)45-23-25-14-8-6-9-15-25/h4-11,14-17,27-29,31,38H,1-2,12-13,18-24H2,3H3,(H,35,39)(H,36,40)(H,37,42)/t27-,28-,29+,31+/m1/s1. The molecule has 2 aromatic rings. The number of hydrogen-bond acceptors (Lipinski definition) is 9. The van der Waals surface area contributed by atoms with Gasteiger partial charge in [-0.3, -0.25) is 9.59 Å². The van der Waals surface area contributed by atoms with E-state index in [1.54, 1.807) is 48.5 Å². The molecule has 4 atom stereocenters. The van der Waals surface area contributed by atoms with Crippen molar-refractivity contribution in [2.24, 2.45) is 5.92 Å². The molecule has 0 aromatic heterocycles. The number of esters is 1. The number of hydrogen-bond donors (Lipinski definition) is 4. The first-order valence-electron chi connectivity index (χ1n) is 15.0. The normalized spacial score (nSPS) is 13.3. The van der Waals surface area contributed by atoms with E-state index in [-0.39, 0.29) is 64.7 Å². The molecular weight excluding hydrogens is 594 g/mol. The molecule has 0 aliphatic carbocycles. The summed E-state index contributed by atoms with van der Waals surface area (Å²) >= 11 is 0. The Balaban J connectivity index is 2.17. The lowest BCUT2D eigenvalue weighted by atomic mass is 9.97. The summed E-state index contributed by atoms with van der Waals surface area (Å²) in [6.07, 6.45) is 1.34. The summed E-state index contributed by atoms with van der Waals surface area (Å²) in [6.45, 7) is 7.85. The van der Waals surface area contributed by atoms with Gasteiger partial charge in [0, 0.05) is 20.1 Å². The van der Waals surface area contributed by atoms with Gasteiger partial charge in [-0.15, -0.1) is 13.2 Å². The summed E-state index contributed by atoms with van der Waals surface area (Å²) in [5.41, 5.74) is 1.35. The summed E-state index contributed by atoms with van der Waals surface area (Å²) in [5, 5.41) is 16.9. The number of aliphatic hydroxyl groups excluding tert-OH is 1. The molecule has 0 heterocycles. The molecule has 12 nitrogen and oxygen atoms in total. The fraction of sp³-hybridized carbons (Fsp3) is 0.412. The predicted molar refractivity (Wildman–Crippen MR) is 171 cm³/mol. The number of allylic oxidation sites excluding steroid dienone is 1. The van der Waals surface area contributed by atoms with E-state index in [1.165, 1.54) is 13.2 Å².